The predicted octanol–water partition coefficient (Wildman–Crippen LogP) is 5.53. The third kappa shape index (κ3) is 6.65. The summed E-state index contributed by atoms with van der Waals surface area (Å²) in [6, 6.07) is 13.2. The highest BCUT2D eigenvalue weighted by Crippen LogP contribution is 2.41. The number of ether oxygens (including phenoxy) is 1. The zero-order chi connectivity index (χ0) is 37.6. The molecule has 2 aliphatic heterocycles. The van der Waals surface area contributed by atoms with Crippen LogP contribution in [-0.4, -0.2) is 55.7 Å². The average Bonchev–Trinajstić information content (AvgIpc) is 3.92. The molecule has 3 aliphatic rings. The van der Waals surface area contributed by atoms with E-state index in [4.69, 9.17) is 21.3 Å². The van der Waals surface area contributed by atoms with E-state index in [-0.39, 0.29) is 28.3 Å². The minimum absolute atomic E-state index is 0.0875. The highest BCUT2D eigenvalue weighted by molar-refractivity contribution is 6.36. The molecular formula is C38H39ClF2N8O4. The molecule has 1 atom stereocenters. The van der Waals surface area contributed by atoms with Crippen LogP contribution in [0.3, 0.4) is 0 Å². The van der Waals surface area contributed by atoms with E-state index >= 15 is 0 Å². The number of anilines is 2. The monoisotopic (exact) mass is 744 g/mol. The molecular weight excluding hydrogens is 706 g/mol. The second-order valence-corrected chi connectivity index (χ2v) is 14.0. The van der Waals surface area contributed by atoms with Crippen LogP contribution in [0, 0.1) is 6.92 Å². The molecule has 3 aromatic heterocycles. The molecule has 276 valence electrons. The molecule has 5 heterocycles. The van der Waals surface area contributed by atoms with E-state index in [2.05, 4.69) is 32.0 Å². The molecule has 5 aromatic rings. The van der Waals surface area contributed by atoms with Gasteiger partial charge in [0.15, 0.2) is 11.5 Å². The van der Waals surface area contributed by atoms with Gasteiger partial charge in [-0.25, -0.2) is 28.5 Å². The predicted molar refractivity (Wildman–Crippen MR) is 199 cm³/mol. The van der Waals surface area contributed by atoms with Crippen molar-refractivity contribution in [2.24, 2.45) is 14.1 Å². The molecule has 1 unspecified atom stereocenters. The number of amides is 1. The Morgan fingerprint density at radius 2 is 1.72 bits per heavy atom. The summed E-state index contributed by atoms with van der Waals surface area (Å²) >= 11 is 7.03. The van der Waals surface area contributed by atoms with Crippen molar-refractivity contribution in [1.82, 2.24) is 34.7 Å². The molecule has 8 rings (SSSR count). The van der Waals surface area contributed by atoms with Gasteiger partial charge in [-0.2, -0.15) is 0 Å². The number of aryl methyl sites for hydroxylation is 2. The van der Waals surface area contributed by atoms with E-state index in [1.807, 2.05) is 31.2 Å². The molecule has 1 spiro atoms. The SMILES string of the molecule is COc1nc(-c2cccc(-c3cccc(Nc4nc(C(F)F)nc5c4c(=O)n(C)c(=O)n5C)c3C)c2Cl)cc2c1CCC2.O=C1CCC2(CCNC2)N1. The number of carbonyl (C=O) groups is 1. The van der Waals surface area contributed by atoms with Gasteiger partial charge in [-0.3, -0.25) is 18.7 Å². The summed E-state index contributed by atoms with van der Waals surface area (Å²) in [5.41, 5.74) is 5.11. The Balaban J connectivity index is 0.000000373. The Kier molecular flexibility index (Phi) is 9.77. The lowest BCUT2D eigenvalue weighted by Crippen LogP contribution is -2.43. The van der Waals surface area contributed by atoms with Gasteiger partial charge in [0.2, 0.25) is 11.8 Å². The average molecular weight is 745 g/mol. The molecule has 3 N–H and O–H groups in total. The number of nitrogens with zero attached hydrogens (tertiary/aromatic N) is 5. The lowest BCUT2D eigenvalue weighted by Gasteiger charge is -2.20. The summed E-state index contributed by atoms with van der Waals surface area (Å²) in [7, 11) is 4.29. The number of benzene rings is 2. The maximum atomic E-state index is 13.8. The molecule has 0 saturated carbocycles. The number of methoxy groups -OCH3 is 1. The number of hydrogen-bond acceptors (Lipinski definition) is 9. The van der Waals surface area contributed by atoms with Gasteiger partial charge in [0, 0.05) is 49.4 Å². The smallest absolute Gasteiger partial charge is 0.332 e. The van der Waals surface area contributed by atoms with Crippen molar-refractivity contribution < 1.29 is 18.3 Å². The van der Waals surface area contributed by atoms with Crippen molar-refractivity contribution in [1.29, 1.82) is 0 Å². The number of pyridine rings is 1. The van der Waals surface area contributed by atoms with Gasteiger partial charge in [0.05, 0.1) is 23.4 Å². The first kappa shape index (κ1) is 36.2. The normalized spacial score (nSPS) is 17.6. The lowest BCUT2D eigenvalue weighted by molar-refractivity contribution is -0.119. The van der Waals surface area contributed by atoms with Crippen molar-refractivity contribution in [3.05, 3.63) is 90.8 Å². The maximum Gasteiger partial charge on any atom is 0.332 e. The first-order chi connectivity index (χ1) is 25.4. The molecule has 0 radical (unpaired) electrons. The Bertz CT molecular complexity index is 2390. The van der Waals surface area contributed by atoms with E-state index in [9.17, 15) is 23.2 Å². The summed E-state index contributed by atoms with van der Waals surface area (Å²) < 4.78 is 35.1. The van der Waals surface area contributed by atoms with Crippen molar-refractivity contribution in [3.63, 3.8) is 0 Å². The fraction of sp³-hybridized carbons (Fsp3) is 0.368. The summed E-state index contributed by atoms with van der Waals surface area (Å²) in [5, 5.41) is 9.75. The lowest BCUT2D eigenvalue weighted by atomic mass is 9.96. The fourth-order valence-corrected chi connectivity index (χ4v) is 7.81. The van der Waals surface area contributed by atoms with E-state index in [1.165, 1.54) is 19.7 Å². The van der Waals surface area contributed by atoms with E-state index in [0.29, 0.717) is 22.3 Å². The van der Waals surface area contributed by atoms with Gasteiger partial charge >= 0.3 is 5.69 Å². The molecule has 53 heavy (non-hydrogen) atoms. The largest absolute Gasteiger partial charge is 0.481 e. The Hall–Kier alpha value is -5.21. The van der Waals surface area contributed by atoms with Crippen LogP contribution in [0.15, 0.2) is 52.1 Å². The minimum atomic E-state index is -3.02. The summed E-state index contributed by atoms with van der Waals surface area (Å²) in [4.78, 5) is 49.0. The van der Waals surface area contributed by atoms with Crippen LogP contribution in [0.4, 0.5) is 20.3 Å². The first-order valence-electron chi connectivity index (χ1n) is 17.4. The summed E-state index contributed by atoms with van der Waals surface area (Å²) in [5.74, 6) is -0.104. The van der Waals surface area contributed by atoms with Gasteiger partial charge < -0.3 is 20.7 Å². The summed E-state index contributed by atoms with van der Waals surface area (Å²) in [6.07, 6.45) is 2.77. The number of hydrogen-bond donors (Lipinski definition) is 3. The molecule has 2 aromatic carbocycles. The van der Waals surface area contributed by atoms with Crippen LogP contribution in [-0.2, 0) is 31.7 Å². The molecule has 1 aliphatic carbocycles. The zero-order valence-corrected chi connectivity index (χ0v) is 30.5. The number of nitrogens with one attached hydrogen (secondary N) is 3. The van der Waals surface area contributed by atoms with E-state index < -0.39 is 23.5 Å². The highest BCUT2D eigenvalue weighted by atomic mass is 35.5. The topological polar surface area (TPSA) is 145 Å². The summed E-state index contributed by atoms with van der Waals surface area (Å²) in [6.45, 7) is 3.88. The molecule has 1 amide bonds. The highest BCUT2D eigenvalue weighted by Gasteiger charge is 2.39. The number of rotatable bonds is 6. The minimum Gasteiger partial charge on any atom is -0.481 e. The second kappa shape index (κ2) is 14.3. The second-order valence-electron chi connectivity index (χ2n) is 13.7. The number of carbonyl (C=O) groups excluding carboxylic acids is 1. The number of aromatic nitrogens is 5. The van der Waals surface area contributed by atoms with Gasteiger partial charge in [-0.1, -0.05) is 41.9 Å². The van der Waals surface area contributed by atoms with Crippen LogP contribution in [0.2, 0.25) is 5.02 Å². The fourth-order valence-electron chi connectivity index (χ4n) is 7.48. The van der Waals surface area contributed by atoms with Crippen molar-refractivity contribution in [3.8, 4) is 28.3 Å². The molecule has 15 heteroatoms. The first-order valence-corrected chi connectivity index (χ1v) is 17.8. The van der Waals surface area contributed by atoms with Crippen LogP contribution in [0.5, 0.6) is 5.88 Å². The van der Waals surface area contributed by atoms with Crippen LogP contribution < -0.4 is 31.9 Å². The number of halogens is 3. The van der Waals surface area contributed by atoms with Gasteiger partial charge in [0.1, 0.15) is 11.2 Å². The van der Waals surface area contributed by atoms with Crippen LogP contribution in [0.1, 0.15) is 54.6 Å². The van der Waals surface area contributed by atoms with E-state index in [0.717, 1.165) is 88.6 Å². The molecule has 2 fully saturated rings. The molecule has 0 bridgehead atoms. The van der Waals surface area contributed by atoms with Crippen LogP contribution >= 0.6 is 11.6 Å². The maximum absolute atomic E-state index is 13.8. The number of fused-ring (bicyclic) bond motifs is 2. The third-order valence-corrected chi connectivity index (χ3v) is 10.8. The van der Waals surface area contributed by atoms with Gasteiger partial charge in [-0.15, -0.1) is 0 Å². The van der Waals surface area contributed by atoms with Gasteiger partial charge in [-0.05, 0) is 74.4 Å². The van der Waals surface area contributed by atoms with E-state index in [1.54, 1.807) is 19.2 Å². The standard InChI is InChI=1S/C31H27ClF2N6O3.C7H12N2O/c1-15-17(19-11-6-12-20(24(19)32)22-14-16-8-5-10-18(16)29(36-22)43-4)9-7-13-21(15)35-26-23-28(38-27(37-26)25(33)34)39(2)31(42)40(3)30(23)41;10-6-1-2-7(9-6)3-4-8-5-7/h6-7,9,11-14,25H,5,8,10H2,1-4H3,(H,35,37,38);8H,1-5H2,(H,9,10). The van der Waals surface area contributed by atoms with Gasteiger partial charge in [0.25, 0.3) is 12.0 Å². The Morgan fingerprint density at radius 3 is 2.42 bits per heavy atom. The van der Waals surface area contributed by atoms with Crippen molar-refractivity contribution >= 4 is 40.0 Å². The number of alkyl halides is 2. The quantitative estimate of drug-likeness (QED) is 0.205. The van der Waals surface area contributed by atoms with Crippen molar-refractivity contribution in [2.45, 2.75) is 57.4 Å². The van der Waals surface area contributed by atoms with Crippen molar-refractivity contribution in [2.75, 3.05) is 25.5 Å². The Morgan fingerprint density at radius 1 is 0.962 bits per heavy atom. The third-order valence-electron chi connectivity index (χ3n) is 10.4. The zero-order valence-electron chi connectivity index (χ0n) is 29.8. The molecule has 2 saturated heterocycles. The Labute approximate surface area is 308 Å². The van der Waals surface area contributed by atoms with Crippen LogP contribution in [0.25, 0.3) is 33.4 Å². The molecule has 12 nitrogen and oxygen atoms in total.